The molecule has 11 aromatic rings. The number of benzene rings is 9. The molecule has 0 aliphatic heterocycles. The van der Waals surface area contributed by atoms with Gasteiger partial charge in [0.2, 0.25) is 0 Å². The van der Waals surface area contributed by atoms with Gasteiger partial charge in [0, 0.05) is 43.7 Å². The molecule has 0 bridgehead atoms. The second-order valence-electron chi connectivity index (χ2n) is 14.4. The largest absolute Gasteiger partial charge is 0.456 e. The first-order valence-corrected chi connectivity index (χ1v) is 19.2. The predicted octanol–water partition coefficient (Wildman–Crippen LogP) is 13.2. The van der Waals surface area contributed by atoms with Crippen LogP contribution in [0.15, 0.2) is 201 Å². The van der Waals surface area contributed by atoms with E-state index in [-0.39, 0.29) is 0 Å². The number of nitrogens with zero attached hydrogens (tertiary/aromatic N) is 4. The van der Waals surface area contributed by atoms with E-state index in [2.05, 4.69) is 138 Å². The molecule has 9 aromatic carbocycles. The summed E-state index contributed by atoms with van der Waals surface area (Å²) in [5.74, 6) is 1.10. The van der Waals surface area contributed by atoms with Gasteiger partial charge in [-0.25, -0.2) is 9.98 Å². The number of amidine groups is 2. The Labute approximate surface area is 328 Å². The Morgan fingerprint density at radius 3 is 1.84 bits per heavy atom. The van der Waals surface area contributed by atoms with Crippen molar-refractivity contribution in [1.82, 2.24) is 4.57 Å². The maximum atomic E-state index is 6.42. The van der Waals surface area contributed by atoms with E-state index < -0.39 is 0 Å². The van der Waals surface area contributed by atoms with Gasteiger partial charge in [0.25, 0.3) is 0 Å². The minimum absolute atomic E-state index is 0.442. The second kappa shape index (κ2) is 13.3. The third-order valence-electron chi connectivity index (χ3n) is 11.2. The first kappa shape index (κ1) is 32.8. The van der Waals surface area contributed by atoms with Crippen molar-refractivity contribution >= 4 is 94.5 Å². The summed E-state index contributed by atoms with van der Waals surface area (Å²) < 4.78 is 8.81. The summed E-state index contributed by atoms with van der Waals surface area (Å²) in [5, 5.41) is 11.4. The van der Waals surface area contributed by atoms with Crippen LogP contribution >= 0.6 is 0 Å². The van der Waals surface area contributed by atoms with Crippen molar-refractivity contribution in [1.29, 1.82) is 0 Å². The molecule has 0 saturated heterocycles. The van der Waals surface area contributed by atoms with Crippen molar-refractivity contribution in [3.8, 4) is 5.69 Å². The number of hydrogen-bond acceptors (Lipinski definition) is 2. The smallest absolute Gasteiger partial charge is 0.161 e. The van der Waals surface area contributed by atoms with E-state index in [1.165, 1.54) is 10.8 Å². The SMILES string of the molecule is C=NC(=NC(=NCc1ccccc1)c1cc(-n2c3ccccc3c3c4c(ccc32)oc2ccccc24)cc2c3ccccc3c3ccccc3c12)c1ccccc1. The molecular formula is C52H34N4O. The van der Waals surface area contributed by atoms with Gasteiger partial charge in [-0.15, -0.1) is 0 Å². The van der Waals surface area contributed by atoms with Gasteiger partial charge < -0.3 is 8.98 Å². The quantitative estimate of drug-likeness (QED) is 0.0988. The Hall–Kier alpha value is -7.63. The highest BCUT2D eigenvalue weighted by Crippen LogP contribution is 2.43. The summed E-state index contributed by atoms with van der Waals surface area (Å²) in [6.45, 7) is 4.42. The number of furan rings is 1. The normalized spacial score (nSPS) is 12.6. The Morgan fingerprint density at radius 1 is 0.474 bits per heavy atom. The van der Waals surface area contributed by atoms with Crippen LogP contribution in [0, 0.1) is 0 Å². The average molecular weight is 731 g/mol. The number of fused-ring (bicyclic) bond motifs is 13. The molecule has 2 aromatic heterocycles. The van der Waals surface area contributed by atoms with E-state index in [0.717, 1.165) is 87.7 Å². The van der Waals surface area contributed by atoms with Crippen molar-refractivity contribution in [3.05, 3.63) is 199 Å². The fourth-order valence-electron chi connectivity index (χ4n) is 8.69. The molecule has 0 fully saturated rings. The van der Waals surface area contributed by atoms with Crippen LogP contribution in [0.2, 0.25) is 0 Å². The fourth-order valence-corrected chi connectivity index (χ4v) is 8.69. The molecule has 0 N–H and O–H groups in total. The summed E-state index contributed by atoms with van der Waals surface area (Å²) in [6.07, 6.45) is 0. The summed E-state index contributed by atoms with van der Waals surface area (Å²) in [7, 11) is 0. The van der Waals surface area contributed by atoms with E-state index in [4.69, 9.17) is 14.4 Å². The molecule has 5 heteroatoms. The monoisotopic (exact) mass is 730 g/mol. The minimum atomic E-state index is 0.442. The van der Waals surface area contributed by atoms with Crippen LogP contribution in [0.1, 0.15) is 16.7 Å². The summed E-state index contributed by atoms with van der Waals surface area (Å²) in [6, 6.07) is 63.6. The number of hydrogen-bond donors (Lipinski definition) is 0. The molecule has 0 saturated carbocycles. The lowest BCUT2D eigenvalue weighted by Crippen LogP contribution is -2.08. The zero-order valence-electron chi connectivity index (χ0n) is 30.9. The van der Waals surface area contributed by atoms with Crippen LogP contribution in [0.3, 0.4) is 0 Å². The number of rotatable bonds is 5. The van der Waals surface area contributed by atoms with Crippen LogP contribution in [-0.2, 0) is 6.54 Å². The van der Waals surface area contributed by atoms with Crippen molar-refractivity contribution in [2.45, 2.75) is 6.54 Å². The Morgan fingerprint density at radius 2 is 1.09 bits per heavy atom. The third-order valence-corrected chi connectivity index (χ3v) is 11.2. The maximum Gasteiger partial charge on any atom is 0.161 e. The van der Waals surface area contributed by atoms with Crippen molar-refractivity contribution < 1.29 is 4.42 Å². The van der Waals surface area contributed by atoms with Gasteiger partial charge in [-0.1, -0.05) is 146 Å². The topological polar surface area (TPSA) is 55.1 Å². The van der Waals surface area contributed by atoms with Gasteiger partial charge >= 0.3 is 0 Å². The minimum Gasteiger partial charge on any atom is -0.456 e. The number of aliphatic imine (C=N–C) groups is 3. The zero-order chi connectivity index (χ0) is 37.9. The van der Waals surface area contributed by atoms with Crippen LogP contribution in [0.5, 0.6) is 0 Å². The molecule has 2 heterocycles. The Balaban J connectivity index is 1.30. The second-order valence-corrected chi connectivity index (χ2v) is 14.4. The Kier molecular flexibility index (Phi) is 7.64. The molecule has 0 atom stereocenters. The van der Waals surface area contributed by atoms with Gasteiger partial charge in [0.1, 0.15) is 11.2 Å². The van der Waals surface area contributed by atoms with Gasteiger partial charge in [-0.2, -0.15) is 0 Å². The molecule has 5 nitrogen and oxygen atoms in total. The standard InChI is InChI=1S/C52H34N4O/c1-53-51(34-18-6-3-7-19-34)55-52(54-32-33-16-4-2-5-17-33)43-31-35(30-42-38-22-9-8-20-36(38)37-21-10-11-23-39(37)48(42)43)56-44-26-14-12-24-40(44)49-45(56)28-29-47-50(49)41-25-13-15-27-46(41)57-47/h2-31H,1,32H2. The summed E-state index contributed by atoms with van der Waals surface area (Å²) in [4.78, 5) is 15.1. The molecule has 0 amide bonds. The highest BCUT2D eigenvalue weighted by molar-refractivity contribution is 6.32. The van der Waals surface area contributed by atoms with Crippen LogP contribution in [-0.4, -0.2) is 23.0 Å². The molecular weight excluding hydrogens is 697 g/mol. The predicted molar refractivity (Wildman–Crippen MR) is 240 cm³/mol. The van der Waals surface area contributed by atoms with Crippen molar-refractivity contribution in [3.63, 3.8) is 0 Å². The maximum absolute atomic E-state index is 6.42. The van der Waals surface area contributed by atoms with Crippen molar-refractivity contribution in [2.24, 2.45) is 15.0 Å². The first-order chi connectivity index (χ1) is 28.2. The van der Waals surface area contributed by atoms with Gasteiger partial charge in [-0.3, -0.25) is 4.99 Å². The van der Waals surface area contributed by atoms with E-state index in [1.54, 1.807) is 0 Å². The first-order valence-electron chi connectivity index (χ1n) is 19.2. The van der Waals surface area contributed by atoms with E-state index in [0.29, 0.717) is 18.2 Å². The average Bonchev–Trinajstić information content (AvgIpc) is 3.83. The zero-order valence-corrected chi connectivity index (χ0v) is 30.9. The van der Waals surface area contributed by atoms with Crippen LogP contribution in [0.25, 0.3) is 81.7 Å². The van der Waals surface area contributed by atoms with Gasteiger partial charge in [-0.05, 0) is 75.6 Å². The van der Waals surface area contributed by atoms with Crippen molar-refractivity contribution in [2.75, 3.05) is 0 Å². The summed E-state index contributed by atoms with van der Waals surface area (Å²) >= 11 is 0. The van der Waals surface area contributed by atoms with E-state index in [1.807, 2.05) is 60.7 Å². The Bertz CT molecular complexity index is 3450. The molecule has 268 valence electrons. The molecule has 11 rings (SSSR count). The molecule has 0 aliphatic rings. The lowest BCUT2D eigenvalue weighted by Gasteiger charge is -2.18. The van der Waals surface area contributed by atoms with E-state index >= 15 is 0 Å². The van der Waals surface area contributed by atoms with Crippen LogP contribution in [0.4, 0.5) is 0 Å². The molecule has 0 spiro atoms. The highest BCUT2D eigenvalue weighted by atomic mass is 16.3. The molecule has 0 aliphatic carbocycles. The van der Waals surface area contributed by atoms with Crippen LogP contribution < -0.4 is 0 Å². The molecule has 57 heavy (non-hydrogen) atoms. The number of para-hydroxylation sites is 2. The third kappa shape index (κ3) is 5.28. The molecule has 0 unspecified atom stereocenters. The summed E-state index contributed by atoms with van der Waals surface area (Å²) in [5.41, 5.74) is 7.83. The lowest BCUT2D eigenvalue weighted by molar-refractivity contribution is 0.669. The lowest BCUT2D eigenvalue weighted by atomic mass is 9.90. The highest BCUT2D eigenvalue weighted by Gasteiger charge is 2.22. The fraction of sp³-hybridized carbons (Fsp3) is 0.0192. The molecule has 0 radical (unpaired) electrons. The number of aromatic nitrogens is 1. The van der Waals surface area contributed by atoms with Gasteiger partial charge in [0.05, 0.1) is 17.6 Å². The van der Waals surface area contributed by atoms with E-state index in [9.17, 15) is 0 Å². The van der Waals surface area contributed by atoms with Gasteiger partial charge in [0.15, 0.2) is 11.7 Å².